The molecule has 2 heterocycles. The zero-order valence-corrected chi connectivity index (χ0v) is 13.5. The Morgan fingerprint density at radius 1 is 1.36 bits per heavy atom. The molecule has 8 heteroatoms. The molecule has 2 aliphatic heterocycles. The number of imide groups is 1. The van der Waals surface area contributed by atoms with Gasteiger partial charge in [0.2, 0.25) is 5.91 Å². The number of piperidine rings is 1. The molecule has 4 amide bonds. The molecule has 3 rings (SSSR count). The van der Waals surface area contributed by atoms with Gasteiger partial charge in [-0.2, -0.15) is 0 Å². The van der Waals surface area contributed by atoms with Crippen molar-refractivity contribution in [2.75, 3.05) is 19.6 Å². The Bertz CT molecular complexity index is 477. The molecule has 0 aromatic carbocycles. The highest BCUT2D eigenvalue weighted by atomic mass is 35.5. The van der Waals surface area contributed by atoms with E-state index >= 15 is 0 Å². The van der Waals surface area contributed by atoms with Crippen molar-refractivity contribution in [2.24, 2.45) is 5.92 Å². The summed E-state index contributed by atoms with van der Waals surface area (Å²) in [6.45, 7) is 3.28. The second kappa shape index (κ2) is 6.42. The van der Waals surface area contributed by atoms with E-state index in [1.54, 1.807) is 6.92 Å². The smallest absolute Gasteiger partial charge is 0.325 e. The van der Waals surface area contributed by atoms with Crippen LogP contribution >= 0.6 is 12.4 Å². The fraction of sp³-hybridized carbons (Fsp3) is 0.786. The summed E-state index contributed by atoms with van der Waals surface area (Å²) >= 11 is 0. The van der Waals surface area contributed by atoms with Crippen LogP contribution in [0.15, 0.2) is 0 Å². The molecule has 1 unspecified atom stereocenters. The van der Waals surface area contributed by atoms with Gasteiger partial charge in [0.1, 0.15) is 12.1 Å². The SMILES string of the molecule is CC1(C2CC2)NC(=O)N(CC(=O)N[C@H]2CCCNC2)C1=O.Cl. The zero-order chi connectivity index (χ0) is 15.0. The number of halogens is 1. The van der Waals surface area contributed by atoms with Crippen molar-refractivity contribution in [2.45, 2.75) is 44.2 Å². The van der Waals surface area contributed by atoms with Crippen LogP contribution in [0, 0.1) is 5.92 Å². The average Bonchev–Trinajstić information content (AvgIpc) is 3.26. The van der Waals surface area contributed by atoms with Gasteiger partial charge in [-0.25, -0.2) is 4.79 Å². The number of carbonyl (C=O) groups is 3. The van der Waals surface area contributed by atoms with Gasteiger partial charge in [-0.3, -0.25) is 14.5 Å². The maximum absolute atomic E-state index is 12.4. The van der Waals surface area contributed by atoms with Crippen molar-refractivity contribution in [1.82, 2.24) is 20.9 Å². The topological polar surface area (TPSA) is 90.5 Å². The van der Waals surface area contributed by atoms with Gasteiger partial charge in [-0.15, -0.1) is 12.4 Å². The van der Waals surface area contributed by atoms with E-state index in [-0.39, 0.29) is 42.7 Å². The number of amides is 4. The third kappa shape index (κ3) is 3.20. The minimum atomic E-state index is -0.816. The molecular weight excluding hydrogens is 308 g/mol. The molecule has 0 bridgehead atoms. The first kappa shape index (κ1) is 17.0. The lowest BCUT2D eigenvalue weighted by Gasteiger charge is -2.25. The Labute approximate surface area is 136 Å². The molecule has 0 radical (unpaired) electrons. The van der Waals surface area contributed by atoms with Crippen LogP contribution < -0.4 is 16.0 Å². The molecule has 0 spiro atoms. The molecule has 22 heavy (non-hydrogen) atoms. The van der Waals surface area contributed by atoms with Gasteiger partial charge >= 0.3 is 6.03 Å². The maximum Gasteiger partial charge on any atom is 0.325 e. The molecule has 1 saturated carbocycles. The van der Waals surface area contributed by atoms with Crippen LogP contribution in [0.25, 0.3) is 0 Å². The largest absolute Gasteiger partial charge is 0.351 e. The number of nitrogens with one attached hydrogen (secondary N) is 3. The highest BCUT2D eigenvalue weighted by Gasteiger charge is 2.56. The van der Waals surface area contributed by atoms with Crippen LogP contribution in [0.3, 0.4) is 0 Å². The van der Waals surface area contributed by atoms with Crippen LogP contribution in [-0.2, 0) is 9.59 Å². The summed E-state index contributed by atoms with van der Waals surface area (Å²) in [5.74, 6) is -0.330. The quantitative estimate of drug-likeness (QED) is 0.633. The number of urea groups is 1. The monoisotopic (exact) mass is 330 g/mol. The molecular formula is C14H23ClN4O3. The summed E-state index contributed by atoms with van der Waals surface area (Å²) in [6, 6.07) is -0.367. The summed E-state index contributed by atoms with van der Waals surface area (Å²) < 4.78 is 0. The van der Waals surface area contributed by atoms with Crippen molar-refractivity contribution < 1.29 is 14.4 Å². The Hall–Kier alpha value is -1.34. The standard InChI is InChI=1S/C14H22N4O3.ClH/c1-14(9-4-5-9)12(20)18(13(21)17-14)8-11(19)16-10-3-2-6-15-7-10;/h9-10,15H,2-8H2,1H3,(H,16,19)(H,17,21);1H/t10-,14?;/m0./s1. The van der Waals surface area contributed by atoms with Gasteiger partial charge in [0.05, 0.1) is 0 Å². The van der Waals surface area contributed by atoms with Gasteiger partial charge in [0.15, 0.2) is 0 Å². The fourth-order valence-electron chi connectivity index (χ4n) is 3.19. The minimum Gasteiger partial charge on any atom is -0.351 e. The Morgan fingerprint density at radius 3 is 2.68 bits per heavy atom. The third-order valence-corrected chi connectivity index (χ3v) is 4.66. The Kier molecular flexibility index (Phi) is 4.97. The first-order valence-electron chi connectivity index (χ1n) is 7.65. The van der Waals surface area contributed by atoms with Crippen molar-refractivity contribution in [3.05, 3.63) is 0 Å². The van der Waals surface area contributed by atoms with E-state index < -0.39 is 11.6 Å². The molecule has 2 atom stereocenters. The van der Waals surface area contributed by atoms with Gasteiger partial charge in [-0.05, 0) is 45.1 Å². The highest BCUT2D eigenvalue weighted by molar-refractivity contribution is 6.09. The van der Waals surface area contributed by atoms with E-state index in [1.165, 1.54) is 0 Å². The molecule has 0 aromatic heterocycles. The first-order valence-corrected chi connectivity index (χ1v) is 7.65. The summed E-state index contributed by atoms with van der Waals surface area (Å²) in [4.78, 5) is 37.4. The number of hydrogen-bond donors (Lipinski definition) is 3. The molecule has 3 fully saturated rings. The van der Waals surface area contributed by atoms with Crippen LogP contribution in [0.1, 0.15) is 32.6 Å². The Morgan fingerprint density at radius 2 is 2.09 bits per heavy atom. The summed E-state index contributed by atoms with van der Waals surface area (Å²) in [7, 11) is 0. The summed E-state index contributed by atoms with van der Waals surface area (Å²) in [5.41, 5.74) is -0.816. The lowest BCUT2D eigenvalue weighted by Crippen LogP contribution is -2.50. The average molecular weight is 331 g/mol. The number of rotatable bonds is 4. The molecule has 1 aliphatic carbocycles. The van der Waals surface area contributed by atoms with E-state index in [2.05, 4.69) is 16.0 Å². The normalized spacial score (nSPS) is 31.5. The zero-order valence-electron chi connectivity index (χ0n) is 12.7. The van der Waals surface area contributed by atoms with Crippen molar-refractivity contribution in [3.8, 4) is 0 Å². The lowest BCUT2D eigenvalue weighted by atomic mass is 9.96. The molecule has 3 aliphatic rings. The number of carbonyl (C=O) groups excluding carboxylic acids is 3. The summed E-state index contributed by atoms with van der Waals surface area (Å²) in [6.07, 6.45) is 3.86. The van der Waals surface area contributed by atoms with Gasteiger partial charge < -0.3 is 16.0 Å². The van der Waals surface area contributed by atoms with Crippen LogP contribution in [0.2, 0.25) is 0 Å². The number of hydrogen-bond acceptors (Lipinski definition) is 4. The van der Waals surface area contributed by atoms with Gasteiger partial charge in [-0.1, -0.05) is 0 Å². The maximum atomic E-state index is 12.4. The summed E-state index contributed by atoms with van der Waals surface area (Å²) in [5, 5.41) is 8.84. The Balaban J connectivity index is 0.00000176. The lowest BCUT2D eigenvalue weighted by molar-refractivity contribution is -0.135. The molecule has 7 nitrogen and oxygen atoms in total. The van der Waals surface area contributed by atoms with Crippen molar-refractivity contribution in [3.63, 3.8) is 0 Å². The van der Waals surface area contributed by atoms with Crippen LogP contribution in [-0.4, -0.2) is 54.0 Å². The molecule has 2 saturated heterocycles. The van der Waals surface area contributed by atoms with Crippen LogP contribution in [0.5, 0.6) is 0 Å². The predicted molar refractivity (Wildman–Crippen MR) is 82.7 cm³/mol. The second-order valence-electron chi connectivity index (χ2n) is 6.41. The fourth-order valence-corrected chi connectivity index (χ4v) is 3.19. The minimum absolute atomic E-state index is 0. The first-order chi connectivity index (χ1) is 10.0. The van der Waals surface area contributed by atoms with Crippen LogP contribution in [0.4, 0.5) is 4.79 Å². The van der Waals surface area contributed by atoms with E-state index in [0.29, 0.717) is 0 Å². The van der Waals surface area contributed by atoms with Crippen molar-refractivity contribution in [1.29, 1.82) is 0 Å². The number of nitrogens with zero attached hydrogens (tertiary/aromatic N) is 1. The van der Waals surface area contributed by atoms with E-state index in [4.69, 9.17) is 0 Å². The van der Waals surface area contributed by atoms with Gasteiger partial charge in [0, 0.05) is 12.6 Å². The van der Waals surface area contributed by atoms with Gasteiger partial charge in [0.25, 0.3) is 5.91 Å². The molecule has 3 N–H and O–H groups in total. The molecule has 0 aromatic rings. The molecule has 124 valence electrons. The van der Waals surface area contributed by atoms with E-state index in [9.17, 15) is 14.4 Å². The second-order valence-corrected chi connectivity index (χ2v) is 6.41. The van der Waals surface area contributed by atoms with Crippen molar-refractivity contribution >= 4 is 30.3 Å². The predicted octanol–water partition coefficient (Wildman–Crippen LogP) is -0.00310. The highest BCUT2D eigenvalue weighted by Crippen LogP contribution is 2.42. The van der Waals surface area contributed by atoms with E-state index in [0.717, 1.165) is 43.7 Å². The van der Waals surface area contributed by atoms with E-state index in [1.807, 2.05) is 0 Å². The third-order valence-electron chi connectivity index (χ3n) is 4.66.